The number of aryl methyl sites for hydroxylation is 2. The zero-order valence-corrected chi connectivity index (χ0v) is 29.0. The van der Waals surface area contributed by atoms with Gasteiger partial charge in [-0.25, -0.2) is 8.42 Å². The van der Waals surface area contributed by atoms with E-state index >= 15 is 0 Å². The lowest BCUT2D eigenvalue weighted by Gasteiger charge is -2.35. The molecule has 0 aliphatic rings. The quantitative estimate of drug-likeness (QED) is 0.179. The Bertz CT molecular complexity index is 1770. The Morgan fingerprint density at radius 2 is 1.37 bits per heavy atom. The van der Waals surface area contributed by atoms with Crippen molar-refractivity contribution in [2.45, 2.75) is 64.1 Å². The van der Waals surface area contributed by atoms with Crippen LogP contribution in [-0.2, 0) is 32.6 Å². The third-order valence-corrected chi connectivity index (χ3v) is 9.91. The summed E-state index contributed by atoms with van der Waals surface area (Å²) >= 11 is 12.9. The molecule has 0 heterocycles. The number of hydrogen-bond acceptors (Lipinski definition) is 4. The molecule has 0 saturated heterocycles. The van der Waals surface area contributed by atoms with Crippen molar-refractivity contribution in [2.24, 2.45) is 0 Å². The predicted octanol–water partition coefficient (Wildman–Crippen LogP) is 7.36. The van der Waals surface area contributed by atoms with Crippen LogP contribution in [0.2, 0.25) is 10.0 Å². The van der Waals surface area contributed by atoms with Gasteiger partial charge in [-0.2, -0.15) is 0 Å². The highest BCUT2D eigenvalue weighted by molar-refractivity contribution is 7.92. The molecule has 4 rings (SSSR count). The van der Waals surface area contributed by atoms with E-state index in [0.29, 0.717) is 0 Å². The molecule has 0 aliphatic heterocycles. The summed E-state index contributed by atoms with van der Waals surface area (Å²) in [4.78, 5) is 30.0. The molecule has 1 atom stereocenters. The summed E-state index contributed by atoms with van der Waals surface area (Å²) in [5, 5.41) is 3.16. The minimum Gasteiger partial charge on any atom is -0.350 e. The van der Waals surface area contributed by atoms with Crippen LogP contribution in [0, 0.1) is 13.8 Å². The van der Waals surface area contributed by atoms with Gasteiger partial charge >= 0.3 is 0 Å². The SMILES string of the molecule is Cc1ccc(CN(C(=O)CN(c2cccc(Cl)c2Cl)S(=O)(=O)c2ccc(C)cc2)[C@H](Cc2ccccc2)C(=O)NC(C)(C)C)cc1. The van der Waals surface area contributed by atoms with Gasteiger partial charge < -0.3 is 10.2 Å². The van der Waals surface area contributed by atoms with Gasteiger partial charge in [-0.1, -0.05) is 107 Å². The summed E-state index contributed by atoms with van der Waals surface area (Å²) in [6.07, 6.45) is 0.211. The van der Waals surface area contributed by atoms with Crippen molar-refractivity contribution in [3.8, 4) is 0 Å². The van der Waals surface area contributed by atoms with Crippen LogP contribution in [-0.4, -0.2) is 43.3 Å². The van der Waals surface area contributed by atoms with Crippen molar-refractivity contribution < 1.29 is 18.0 Å². The summed E-state index contributed by atoms with van der Waals surface area (Å²) < 4.78 is 29.4. The highest BCUT2D eigenvalue weighted by atomic mass is 35.5. The number of nitrogens with one attached hydrogen (secondary N) is 1. The van der Waals surface area contributed by atoms with Crippen LogP contribution in [0.4, 0.5) is 5.69 Å². The largest absolute Gasteiger partial charge is 0.350 e. The second-order valence-electron chi connectivity index (χ2n) is 12.3. The summed E-state index contributed by atoms with van der Waals surface area (Å²) in [5.74, 6) is -0.942. The Hall–Kier alpha value is -3.85. The molecule has 0 bridgehead atoms. The molecule has 0 unspecified atom stereocenters. The number of anilines is 1. The lowest BCUT2D eigenvalue weighted by Crippen LogP contribution is -2.56. The average Bonchev–Trinajstić information content (AvgIpc) is 3.00. The van der Waals surface area contributed by atoms with E-state index in [0.717, 1.165) is 26.6 Å². The molecule has 4 aromatic carbocycles. The van der Waals surface area contributed by atoms with Gasteiger partial charge in [0.05, 0.1) is 20.6 Å². The average molecular weight is 681 g/mol. The Morgan fingerprint density at radius 3 is 1.96 bits per heavy atom. The molecule has 10 heteroatoms. The van der Waals surface area contributed by atoms with Crippen LogP contribution < -0.4 is 9.62 Å². The monoisotopic (exact) mass is 679 g/mol. The lowest BCUT2D eigenvalue weighted by atomic mass is 10.0. The van der Waals surface area contributed by atoms with Gasteiger partial charge in [0, 0.05) is 18.5 Å². The Balaban J connectivity index is 1.84. The summed E-state index contributed by atoms with van der Waals surface area (Å²) in [7, 11) is -4.31. The molecule has 1 N–H and O–H groups in total. The van der Waals surface area contributed by atoms with Crippen molar-refractivity contribution in [3.05, 3.63) is 129 Å². The molecular weight excluding hydrogens is 641 g/mol. The molecule has 0 aromatic heterocycles. The molecule has 0 saturated carbocycles. The summed E-state index contributed by atoms with van der Waals surface area (Å²) in [6.45, 7) is 8.86. The fourth-order valence-corrected chi connectivity index (χ4v) is 6.81. The first-order valence-electron chi connectivity index (χ1n) is 14.9. The molecule has 0 spiro atoms. The molecule has 0 aliphatic carbocycles. The van der Waals surface area contributed by atoms with Crippen LogP contribution in [0.3, 0.4) is 0 Å². The van der Waals surface area contributed by atoms with Gasteiger partial charge in [0.1, 0.15) is 12.6 Å². The number of carbonyl (C=O) groups excluding carboxylic acids is 2. The molecule has 2 amide bonds. The standard InChI is InChI=1S/C36H39Cl2N3O4S/c1-25-14-18-28(19-15-25)23-40(32(35(43)39-36(3,4)5)22-27-10-7-6-8-11-27)33(42)24-41(31-13-9-12-30(37)34(31)38)46(44,45)29-20-16-26(2)17-21-29/h6-21,32H,22-24H2,1-5H3,(H,39,43)/t32-/m1/s1. The van der Waals surface area contributed by atoms with E-state index in [4.69, 9.17) is 23.2 Å². The zero-order valence-electron chi connectivity index (χ0n) is 26.6. The normalized spacial score (nSPS) is 12.3. The minimum atomic E-state index is -4.31. The molecule has 7 nitrogen and oxygen atoms in total. The van der Waals surface area contributed by atoms with E-state index in [1.165, 1.54) is 23.1 Å². The molecule has 0 radical (unpaired) electrons. The van der Waals surface area contributed by atoms with Gasteiger partial charge in [-0.3, -0.25) is 13.9 Å². The molecule has 4 aromatic rings. The predicted molar refractivity (Wildman–Crippen MR) is 186 cm³/mol. The highest BCUT2D eigenvalue weighted by Crippen LogP contribution is 2.35. The number of carbonyl (C=O) groups is 2. The van der Waals surface area contributed by atoms with Gasteiger partial charge in [-0.15, -0.1) is 0 Å². The van der Waals surface area contributed by atoms with E-state index < -0.39 is 34.1 Å². The number of nitrogens with zero attached hydrogens (tertiary/aromatic N) is 2. The summed E-state index contributed by atoms with van der Waals surface area (Å²) in [5.41, 5.74) is 3.02. The number of hydrogen-bond donors (Lipinski definition) is 1. The number of amides is 2. The smallest absolute Gasteiger partial charge is 0.264 e. The van der Waals surface area contributed by atoms with E-state index in [1.54, 1.807) is 24.3 Å². The van der Waals surface area contributed by atoms with Crippen LogP contribution in [0.1, 0.15) is 43.0 Å². The Labute approximate surface area is 282 Å². The maximum Gasteiger partial charge on any atom is 0.264 e. The van der Waals surface area contributed by atoms with Crippen molar-refractivity contribution in [2.75, 3.05) is 10.8 Å². The van der Waals surface area contributed by atoms with Gasteiger partial charge in [0.2, 0.25) is 11.8 Å². The van der Waals surface area contributed by atoms with Gasteiger partial charge in [0.15, 0.2) is 0 Å². The van der Waals surface area contributed by atoms with Crippen LogP contribution in [0.15, 0.2) is 102 Å². The zero-order chi connectivity index (χ0) is 33.6. The van der Waals surface area contributed by atoms with Crippen molar-refractivity contribution in [3.63, 3.8) is 0 Å². The van der Waals surface area contributed by atoms with E-state index in [-0.39, 0.29) is 39.5 Å². The van der Waals surface area contributed by atoms with Crippen LogP contribution in [0.25, 0.3) is 0 Å². The molecule has 0 fully saturated rings. The van der Waals surface area contributed by atoms with Crippen LogP contribution >= 0.6 is 23.2 Å². The number of halogens is 2. The first-order chi connectivity index (χ1) is 21.7. The van der Waals surface area contributed by atoms with Crippen molar-refractivity contribution >= 4 is 50.7 Å². The molecule has 46 heavy (non-hydrogen) atoms. The first-order valence-corrected chi connectivity index (χ1v) is 17.1. The Kier molecular flexibility index (Phi) is 11.2. The van der Waals surface area contributed by atoms with E-state index in [1.807, 2.05) is 89.2 Å². The molecule has 242 valence electrons. The molecular formula is C36H39Cl2N3O4S. The van der Waals surface area contributed by atoms with Gasteiger partial charge in [0.25, 0.3) is 10.0 Å². The van der Waals surface area contributed by atoms with Crippen LogP contribution in [0.5, 0.6) is 0 Å². The highest BCUT2D eigenvalue weighted by Gasteiger charge is 2.36. The number of rotatable bonds is 11. The maximum absolute atomic E-state index is 14.6. The third kappa shape index (κ3) is 8.90. The summed E-state index contributed by atoms with van der Waals surface area (Å²) in [6, 6.07) is 27.1. The topological polar surface area (TPSA) is 86.8 Å². The fraction of sp³-hybridized carbons (Fsp3) is 0.278. The third-order valence-electron chi connectivity index (χ3n) is 7.33. The Morgan fingerprint density at radius 1 is 0.783 bits per heavy atom. The van der Waals surface area contributed by atoms with Crippen molar-refractivity contribution in [1.82, 2.24) is 10.2 Å². The lowest BCUT2D eigenvalue weighted by molar-refractivity contribution is -0.140. The van der Waals surface area contributed by atoms with Crippen molar-refractivity contribution in [1.29, 1.82) is 0 Å². The number of benzene rings is 4. The second kappa shape index (κ2) is 14.7. The second-order valence-corrected chi connectivity index (χ2v) is 15.0. The van der Waals surface area contributed by atoms with E-state index in [9.17, 15) is 18.0 Å². The number of sulfonamides is 1. The maximum atomic E-state index is 14.6. The first kappa shape index (κ1) is 35.0. The minimum absolute atomic E-state index is 0.0101. The fourth-order valence-electron chi connectivity index (χ4n) is 4.93. The van der Waals surface area contributed by atoms with E-state index in [2.05, 4.69) is 5.32 Å². The van der Waals surface area contributed by atoms with Gasteiger partial charge in [-0.05, 0) is 70.0 Å².